The highest BCUT2D eigenvalue weighted by atomic mass is 14.2. The van der Waals surface area contributed by atoms with Crippen LogP contribution in [0.2, 0.25) is 0 Å². The molecule has 0 N–H and O–H groups in total. The summed E-state index contributed by atoms with van der Waals surface area (Å²) < 4.78 is 0. The fourth-order valence-electron chi connectivity index (χ4n) is 4.19. The molecule has 0 fully saturated rings. The average molecular weight is 282 g/mol. The van der Waals surface area contributed by atoms with Crippen molar-refractivity contribution < 1.29 is 0 Å². The summed E-state index contributed by atoms with van der Waals surface area (Å²) in [6, 6.07) is 22.5. The third kappa shape index (κ3) is 1.64. The highest BCUT2D eigenvalue weighted by molar-refractivity contribution is 6.14. The van der Waals surface area contributed by atoms with Gasteiger partial charge in [0.05, 0.1) is 0 Å². The van der Waals surface area contributed by atoms with Crippen LogP contribution in [0.1, 0.15) is 24.0 Å². The fraction of sp³-hybridized carbons (Fsp3) is 0.182. The Balaban J connectivity index is 2.06. The van der Waals surface area contributed by atoms with E-state index in [1.54, 1.807) is 11.1 Å². The summed E-state index contributed by atoms with van der Waals surface area (Å²) in [7, 11) is 0. The van der Waals surface area contributed by atoms with E-state index in [4.69, 9.17) is 0 Å². The molecule has 4 aromatic rings. The normalized spacial score (nSPS) is 14.5. The van der Waals surface area contributed by atoms with E-state index in [2.05, 4.69) is 60.7 Å². The molecule has 1 aliphatic rings. The van der Waals surface area contributed by atoms with E-state index in [0.717, 1.165) is 0 Å². The Hall–Kier alpha value is -2.34. The minimum absolute atomic E-state index is 1.23. The Kier molecular flexibility index (Phi) is 2.54. The Labute approximate surface area is 130 Å². The van der Waals surface area contributed by atoms with Gasteiger partial charge in [0, 0.05) is 0 Å². The lowest BCUT2D eigenvalue weighted by Crippen LogP contribution is -2.04. The van der Waals surface area contributed by atoms with Crippen molar-refractivity contribution in [3.8, 4) is 0 Å². The Morgan fingerprint density at radius 1 is 0.500 bits per heavy atom. The lowest BCUT2D eigenvalue weighted by atomic mass is 9.83. The van der Waals surface area contributed by atoms with E-state index >= 15 is 0 Å². The zero-order valence-electron chi connectivity index (χ0n) is 12.6. The molecule has 0 unspecified atom stereocenters. The topological polar surface area (TPSA) is 0 Å². The molecule has 106 valence electrons. The zero-order valence-corrected chi connectivity index (χ0v) is 12.6. The number of fused-ring (bicyclic) bond motifs is 7. The van der Waals surface area contributed by atoms with E-state index in [1.165, 1.54) is 58.0 Å². The standard InChI is InChI=1S/C22H18/c1-2-8-16-14-22-20-12-6-4-10-18(20)17-9-3-5-11-19(17)21(22)13-15(16)7-1/h1-3,5,7-9,11,13-14H,4,6,10,12H2. The average Bonchev–Trinajstić information content (AvgIpc) is 2.61. The number of aryl methyl sites for hydroxylation is 2. The van der Waals surface area contributed by atoms with Crippen molar-refractivity contribution in [2.24, 2.45) is 0 Å². The fourth-order valence-corrected chi connectivity index (χ4v) is 4.19. The highest BCUT2D eigenvalue weighted by Gasteiger charge is 2.17. The smallest absolute Gasteiger partial charge is 0.00961 e. The van der Waals surface area contributed by atoms with Crippen molar-refractivity contribution in [3.63, 3.8) is 0 Å². The van der Waals surface area contributed by atoms with Crippen molar-refractivity contribution in [2.45, 2.75) is 25.7 Å². The van der Waals surface area contributed by atoms with E-state index in [0.29, 0.717) is 0 Å². The summed E-state index contributed by atoms with van der Waals surface area (Å²) in [6.07, 6.45) is 5.12. The van der Waals surface area contributed by atoms with E-state index in [1.807, 2.05) is 0 Å². The van der Waals surface area contributed by atoms with E-state index in [-0.39, 0.29) is 0 Å². The molecule has 0 radical (unpaired) electrons. The maximum atomic E-state index is 2.42. The van der Waals surface area contributed by atoms with Crippen LogP contribution >= 0.6 is 0 Å². The van der Waals surface area contributed by atoms with Gasteiger partial charge < -0.3 is 0 Å². The number of rotatable bonds is 0. The number of hydrogen-bond acceptors (Lipinski definition) is 0. The van der Waals surface area contributed by atoms with Gasteiger partial charge in [-0.15, -0.1) is 0 Å². The molecular formula is C22H18. The first-order valence-electron chi connectivity index (χ1n) is 8.27. The van der Waals surface area contributed by atoms with Gasteiger partial charge in [0.25, 0.3) is 0 Å². The van der Waals surface area contributed by atoms with Gasteiger partial charge in [-0.25, -0.2) is 0 Å². The second-order valence-electron chi connectivity index (χ2n) is 6.45. The molecule has 0 amide bonds. The van der Waals surface area contributed by atoms with Gasteiger partial charge in [0.15, 0.2) is 0 Å². The SMILES string of the molecule is c1ccc2cc3c(cc2c1)c1c(c2ccccc23)CCCC1. The second kappa shape index (κ2) is 4.58. The van der Waals surface area contributed by atoms with Gasteiger partial charge >= 0.3 is 0 Å². The summed E-state index contributed by atoms with van der Waals surface area (Å²) in [4.78, 5) is 0. The third-order valence-corrected chi connectivity index (χ3v) is 5.22. The summed E-state index contributed by atoms with van der Waals surface area (Å²) >= 11 is 0. The minimum Gasteiger partial charge on any atom is -0.0616 e. The molecule has 0 bridgehead atoms. The van der Waals surface area contributed by atoms with Crippen molar-refractivity contribution in [3.05, 3.63) is 71.8 Å². The van der Waals surface area contributed by atoms with Crippen LogP contribution in [-0.4, -0.2) is 0 Å². The van der Waals surface area contributed by atoms with Crippen LogP contribution in [0.15, 0.2) is 60.7 Å². The van der Waals surface area contributed by atoms with Crippen LogP contribution in [0.5, 0.6) is 0 Å². The molecule has 0 saturated heterocycles. The predicted molar refractivity (Wildman–Crippen MR) is 95.6 cm³/mol. The molecule has 0 saturated carbocycles. The molecule has 0 spiro atoms. The molecule has 1 aliphatic carbocycles. The summed E-state index contributed by atoms with van der Waals surface area (Å²) in [5, 5.41) is 8.50. The third-order valence-electron chi connectivity index (χ3n) is 5.22. The molecule has 22 heavy (non-hydrogen) atoms. The Morgan fingerprint density at radius 3 is 1.77 bits per heavy atom. The van der Waals surface area contributed by atoms with Gasteiger partial charge in [-0.05, 0) is 81.3 Å². The van der Waals surface area contributed by atoms with Crippen molar-refractivity contribution in [1.82, 2.24) is 0 Å². The van der Waals surface area contributed by atoms with Crippen LogP contribution < -0.4 is 0 Å². The predicted octanol–water partition coefficient (Wildman–Crippen LogP) is 6.03. The highest BCUT2D eigenvalue weighted by Crippen LogP contribution is 2.38. The first kappa shape index (κ1) is 12.2. The monoisotopic (exact) mass is 282 g/mol. The van der Waals surface area contributed by atoms with Gasteiger partial charge in [-0.2, -0.15) is 0 Å². The molecule has 0 aliphatic heterocycles. The van der Waals surface area contributed by atoms with Crippen LogP contribution in [-0.2, 0) is 12.8 Å². The first-order chi connectivity index (χ1) is 10.9. The number of benzene rings is 4. The maximum absolute atomic E-state index is 2.42. The molecule has 0 heteroatoms. The molecule has 5 rings (SSSR count). The zero-order chi connectivity index (χ0) is 14.5. The van der Waals surface area contributed by atoms with Gasteiger partial charge in [-0.3, -0.25) is 0 Å². The molecule has 0 aromatic heterocycles. The van der Waals surface area contributed by atoms with Gasteiger partial charge in [-0.1, -0.05) is 48.5 Å². The van der Waals surface area contributed by atoms with Crippen LogP contribution in [0.3, 0.4) is 0 Å². The second-order valence-corrected chi connectivity index (χ2v) is 6.45. The quantitative estimate of drug-likeness (QED) is 0.273. The molecule has 0 nitrogen and oxygen atoms in total. The van der Waals surface area contributed by atoms with Crippen LogP contribution in [0.25, 0.3) is 32.3 Å². The molecule has 0 heterocycles. The van der Waals surface area contributed by atoms with E-state index < -0.39 is 0 Å². The number of hydrogen-bond donors (Lipinski definition) is 0. The van der Waals surface area contributed by atoms with Crippen LogP contribution in [0, 0.1) is 0 Å². The lowest BCUT2D eigenvalue weighted by Gasteiger charge is -2.21. The first-order valence-corrected chi connectivity index (χ1v) is 8.27. The van der Waals surface area contributed by atoms with Gasteiger partial charge in [0.2, 0.25) is 0 Å². The maximum Gasteiger partial charge on any atom is -0.00961 e. The van der Waals surface area contributed by atoms with Crippen LogP contribution in [0.4, 0.5) is 0 Å². The van der Waals surface area contributed by atoms with Crippen molar-refractivity contribution >= 4 is 32.3 Å². The largest absolute Gasteiger partial charge is 0.0616 e. The van der Waals surface area contributed by atoms with Crippen molar-refractivity contribution in [2.75, 3.05) is 0 Å². The molecular weight excluding hydrogens is 264 g/mol. The van der Waals surface area contributed by atoms with Crippen molar-refractivity contribution in [1.29, 1.82) is 0 Å². The summed E-state index contributed by atoms with van der Waals surface area (Å²) in [5.41, 5.74) is 3.20. The molecule has 4 aromatic carbocycles. The summed E-state index contributed by atoms with van der Waals surface area (Å²) in [6.45, 7) is 0. The summed E-state index contributed by atoms with van der Waals surface area (Å²) in [5.74, 6) is 0. The van der Waals surface area contributed by atoms with E-state index in [9.17, 15) is 0 Å². The minimum atomic E-state index is 1.23. The Bertz CT molecular complexity index is 1020. The Morgan fingerprint density at radius 2 is 1.05 bits per heavy atom. The van der Waals surface area contributed by atoms with Gasteiger partial charge in [0.1, 0.15) is 0 Å². The lowest BCUT2D eigenvalue weighted by molar-refractivity contribution is 0.694. The molecule has 0 atom stereocenters.